The number of furan rings is 1. The van der Waals surface area contributed by atoms with E-state index in [-0.39, 0.29) is 0 Å². The molecule has 0 atom stereocenters. The summed E-state index contributed by atoms with van der Waals surface area (Å²) in [5.41, 5.74) is 4.64. The molecule has 0 aliphatic carbocycles. The smallest absolute Gasteiger partial charge is 0.135 e. The first-order valence-electron chi connectivity index (χ1n) is 8.17. The Bertz CT molecular complexity index is 963. The van der Waals surface area contributed by atoms with Crippen LogP contribution in [0.5, 0.6) is 0 Å². The van der Waals surface area contributed by atoms with Gasteiger partial charge in [0.1, 0.15) is 11.3 Å². The summed E-state index contributed by atoms with van der Waals surface area (Å²) in [6, 6.07) is 29.1. The highest BCUT2D eigenvalue weighted by atomic mass is 16.3. The Kier molecular flexibility index (Phi) is 3.99. The van der Waals surface area contributed by atoms with E-state index >= 15 is 0 Å². The maximum atomic E-state index is 6.11. The molecule has 0 saturated heterocycles. The lowest BCUT2D eigenvalue weighted by Crippen LogP contribution is -1.88. The van der Waals surface area contributed by atoms with E-state index in [0.717, 1.165) is 17.8 Å². The number of hydrogen-bond acceptors (Lipinski definition) is 1. The van der Waals surface area contributed by atoms with Crippen LogP contribution in [0.15, 0.2) is 89.3 Å². The number of para-hydroxylation sites is 1. The minimum atomic E-state index is 0.867. The van der Waals surface area contributed by atoms with Gasteiger partial charge in [-0.3, -0.25) is 0 Å². The van der Waals surface area contributed by atoms with Gasteiger partial charge in [0.2, 0.25) is 0 Å². The van der Waals surface area contributed by atoms with E-state index in [4.69, 9.17) is 4.42 Å². The van der Waals surface area contributed by atoms with Crippen molar-refractivity contribution in [3.05, 3.63) is 107 Å². The second-order valence-corrected chi connectivity index (χ2v) is 5.85. The van der Waals surface area contributed by atoms with Crippen molar-refractivity contribution in [1.82, 2.24) is 0 Å². The van der Waals surface area contributed by atoms with Gasteiger partial charge in [0.25, 0.3) is 0 Å². The molecule has 1 aromatic heterocycles. The summed E-state index contributed by atoms with van der Waals surface area (Å²) in [5.74, 6) is 0.934. The summed E-state index contributed by atoms with van der Waals surface area (Å²) < 4.78 is 6.11. The van der Waals surface area contributed by atoms with Crippen molar-refractivity contribution in [2.75, 3.05) is 0 Å². The van der Waals surface area contributed by atoms with Crippen molar-refractivity contribution in [2.45, 2.75) is 6.42 Å². The summed E-state index contributed by atoms with van der Waals surface area (Å²) in [7, 11) is 0. The molecule has 0 saturated carbocycles. The van der Waals surface area contributed by atoms with Crippen LogP contribution < -0.4 is 0 Å². The molecule has 0 aliphatic rings. The molecule has 24 heavy (non-hydrogen) atoms. The number of rotatable bonds is 4. The van der Waals surface area contributed by atoms with Gasteiger partial charge in [-0.05, 0) is 23.3 Å². The van der Waals surface area contributed by atoms with Crippen LogP contribution in [0, 0.1) is 0 Å². The summed E-state index contributed by atoms with van der Waals surface area (Å²) in [5, 5.41) is 1.19. The highest BCUT2D eigenvalue weighted by Crippen LogP contribution is 2.29. The van der Waals surface area contributed by atoms with Gasteiger partial charge in [0.15, 0.2) is 0 Å². The van der Waals surface area contributed by atoms with Gasteiger partial charge >= 0.3 is 0 Å². The first-order valence-corrected chi connectivity index (χ1v) is 8.17. The van der Waals surface area contributed by atoms with Crippen molar-refractivity contribution >= 4 is 23.1 Å². The molecule has 0 radical (unpaired) electrons. The maximum absolute atomic E-state index is 6.11. The van der Waals surface area contributed by atoms with Crippen LogP contribution in [0.25, 0.3) is 23.1 Å². The van der Waals surface area contributed by atoms with E-state index in [0.29, 0.717) is 0 Å². The Hall–Kier alpha value is -3.06. The topological polar surface area (TPSA) is 13.1 Å². The Labute approximate surface area is 141 Å². The monoisotopic (exact) mass is 310 g/mol. The van der Waals surface area contributed by atoms with Gasteiger partial charge in [0.05, 0.1) is 0 Å². The molecule has 1 nitrogen and oxygen atoms in total. The van der Waals surface area contributed by atoms with Crippen LogP contribution in [0.4, 0.5) is 0 Å². The van der Waals surface area contributed by atoms with Crippen molar-refractivity contribution in [1.29, 1.82) is 0 Å². The van der Waals surface area contributed by atoms with Gasteiger partial charge in [0, 0.05) is 17.4 Å². The van der Waals surface area contributed by atoms with E-state index in [9.17, 15) is 0 Å². The van der Waals surface area contributed by atoms with Crippen molar-refractivity contribution < 1.29 is 4.42 Å². The van der Waals surface area contributed by atoms with Crippen molar-refractivity contribution in [2.24, 2.45) is 0 Å². The SMILES string of the molecule is C(=C\c1oc2ccccc2c1Cc1ccccc1)/c1ccccc1. The molecule has 0 N–H and O–H groups in total. The second kappa shape index (κ2) is 6.59. The largest absolute Gasteiger partial charge is 0.456 e. The van der Waals surface area contributed by atoms with Gasteiger partial charge in [-0.1, -0.05) is 84.9 Å². The fourth-order valence-electron chi connectivity index (χ4n) is 2.97. The highest BCUT2D eigenvalue weighted by Gasteiger charge is 2.12. The molecule has 0 fully saturated rings. The van der Waals surface area contributed by atoms with Crippen LogP contribution in [0.3, 0.4) is 0 Å². The molecule has 1 heterocycles. The molecule has 0 spiro atoms. The van der Waals surface area contributed by atoms with Gasteiger partial charge in [-0.2, -0.15) is 0 Å². The van der Waals surface area contributed by atoms with Crippen LogP contribution in [0.1, 0.15) is 22.5 Å². The lowest BCUT2D eigenvalue weighted by Gasteiger charge is -2.01. The van der Waals surface area contributed by atoms with E-state index in [1.165, 1.54) is 22.1 Å². The second-order valence-electron chi connectivity index (χ2n) is 5.85. The summed E-state index contributed by atoms with van der Waals surface area (Å²) in [6.45, 7) is 0. The number of fused-ring (bicyclic) bond motifs is 1. The van der Waals surface area contributed by atoms with Crippen molar-refractivity contribution in [3.63, 3.8) is 0 Å². The predicted molar refractivity (Wildman–Crippen MR) is 101 cm³/mol. The quantitative estimate of drug-likeness (QED) is 0.438. The van der Waals surface area contributed by atoms with Gasteiger partial charge < -0.3 is 4.42 Å². The van der Waals surface area contributed by atoms with E-state index in [2.05, 4.69) is 60.7 Å². The van der Waals surface area contributed by atoms with Gasteiger partial charge in [-0.15, -0.1) is 0 Å². The van der Waals surface area contributed by atoms with E-state index in [1.807, 2.05) is 36.4 Å². The molecule has 116 valence electrons. The molecule has 1 heteroatoms. The number of hydrogen-bond donors (Lipinski definition) is 0. The average molecular weight is 310 g/mol. The zero-order chi connectivity index (χ0) is 16.2. The Morgan fingerprint density at radius 2 is 1.33 bits per heavy atom. The molecule has 0 unspecified atom stereocenters. The zero-order valence-electron chi connectivity index (χ0n) is 13.4. The van der Waals surface area contributed by atoms with E-state index < -0.39 is 0 Å². The van der Waals surface area contributed by atoms with Gasteiger partial charge in [-0.25, -0.2) is 0 Å². The first-order chi connectivity index (χ1) is 11.9. The molecular formula is C23H18O. The standard InChI is InChI=1S/C23H18O/c1-3-9-18(10-4-1)15-16-23-21(17-19-11-5-2-6-12-19)20-13-7-8-14-22(20)24-23/h1-16H,17H2/b16-15+. The van der Waals surface area contributed by atoms with Crippen LogP contribution in [-0.4, -0.2) is 0 Å². The van der Waals surface area contributed by atoms with Crippen LogP contribution >= 0.6 is 0 Å². The molecule has 0 amide bonds. The number of benzene rings is 3. The zero-order valence-corrected chi connectivity index (χ0v) is 13.4. The molecule has 4 aromatic rings. The molecule has 0 aliphatic heterocycles. The van der Waals surface area contributed by atoms with Crippen LogP contribution in [-0.2, 0) is 6.42 Å². The summed E-state index contributed by atoms with van der Waals surface area (Å²) in [6.07, 6.45) is 5.05. The van der Waals surface area contributed by atoms with Crippen LogP contribution in [0.2, 0.25) is 0 Å². The molecule has 4 rings (SSSR count). The lowest BCUT2D eigenvalue weighted by molar-refractivity contribution is 0.600. The molecule has 0 bridgehead atoms. The minimum absolute atomic E-state index is 0.867. The minimum Gasteiger partial charge on any atom is -0.456 e. The Morgan fingerprint density at radius 1 is 0.667 bits per heavy atom. The maximum Gasteiger partial charge on any atom is 0.135 e. The lowest BCUT2D eigenvalue weighted by atomic mass is 10.0. The van der Waals surface area contributed by atoms with E-state index in [1.54, 1.807) is 0 Å². The fourth-order valence-corrected chi connectivity index (χ4v) is 2.97. The Morgan fingerprint density at radius 3 is 2.12 bits per heavy atom. The third kappa shape index (κ3) is 3.02. The average Bonchev–Trinajstić information content (AvgIpc) is 2.99. The van der Waals surface area contributed by atoms with Crippen molar-refractivity contribution in [3.8, 4) is 0 Å². The summed E-state index contributed by atoms with van der Waals surface area (Å²) in [4.78, 5) is 0. The Balaban J connectivity index is 1.77. The predicted octanol–water partition coefficient (Wildman–Crippen LogP) is 6.19. The summed E-state index contributed by atoms with van der Waals surface area (Å²) >= 11 is 0. The molecule has 3 aromatic carbocycles. The third-order valence-corrected chi connectivity index (χ3v) is 4.18. The third-order valence-electron chi connectivity index (χ3n) is 4.18. The fraction of sp³-hybridized carbons (Fsp3) is 0.0435. The first kappa shape index (κ1) is 14.5. The highest BCUT2D eigenvalue weighted by molar-refractivity contribution is 5.86. The normalized spacial score (nSPS) is 11.3. The molecular weight excluding hydrogens is 292 g/mol.